The standard InChI is InChI=1S/C13H17NO3/c1-4-11(10(3)15)8-12-6-5-7-13(9(12)2)14(16)17/h5-7,11H,4,8H2,1-3H3. The molecular formula is C13H17NO3. The summed E-state index contributed by atoms with van der Waals surface area (Å²) in [6.45, 7) is 5.26. The maximum Gasteiger partial charge on any atom is 0.272 e. The number of rotatable bonds is 5. The molecule has 0 amide bonds. The summed E-state index contributed by atoms with van der Waals surface area (Å²) in [5.41, 5.74) is 1.68. The molecule has 1 aromatic carbocycles. The summed E-state index contributed by atoms with van der Waals surface area (Å²) in [7, 11) is 0. The van der Waals surface area contributed by atoms with Crippen molar-refractivity contribution in [3.05, 3.63) is 39.4 Å². The molecule has 4 nitrogen and oxygen atoms in total. The smallest absolute Gasteiger partial charge is 0.272 e. The summed E-state index contributed by atoms with van der Waals surface area (Å²) in [6.07, 6.45) is 1.34. The molecule has 92 valence electrons. The highest BCUT2D eigenvalue weighted by molar-refractivity contribution is 5.78. The van der Waals surface area contributed by atoms with Gasteiger partial charge in [0, 0.05) is 17.5 Å². The van der Waals surface area contributed by atoms with Crippen molar-refractivity contribution >= 4 is 11.5 Å². The molecule has 0 aliphatic heterocycles. The first-order valence-corrected chi connectivity index (χ1v) is 5.70. The predicted octanol–water partition coefficient (Wildman–Crippen LogP) is 3.06. The third-order valence-corrected chi connectivity index (χ3v) is 3.15. The largest absolute Gasteiger partial charge is 0.300 e. The molecule has 1 rings (SSSR count). The van der Waals surface area contributed by atoms with E-state index in [1.807, 2.05) is 13.0 Å². The minimum atomic E-state index is -0.381. The van der Waals surface area contributed by atoms with Crippen LogP contribution in [0.5, 0.6) is 0 Å². The molecule has 1 unspecified atom stereocenters. The highest BCUT2D eigenvalue weighted by Crippen LogP contribution is 2.24. The van der Waals surface area contributed by atoms with Gasteiger partial charge in [-0.15, -0.1) is 0 Å². The van der Waals surface area contributed by atoms with Crippen LogP contribution in [0, 0.1) is 23.0 Å². The van der Waals surface area contributed by atoms with E-state index in [-0.39, 0.29) is 22.3 Å². The van der Waals surface area contributed by atoms with Crippen LogP contribution in [0.25, 0.3) is 0 Å². The summed E-state index contributed by atoms with van der Waals surface area (Å²) in [4.78, 5) is 21.8. The SMILES string of the molecule is CCC(Cc1cccc([N+](=O)[O-])c1C)C(C)=O. The van der Waals surface area contributed by atoms with Gasteiger partial charge in [-0.2, -0.15) is 0 Å². The van der Waals surface area contributed by atoms with Gasteiger partial charge in [0.1, 0.15) is 5.78 Å². The number of carbonyl (C=O) groups is 1. The highest BCUT2D eigenvalue weighted by atomic mass is 16.6. The minimum absolute atomic E-state index is 0.0456. The fraction of sp³-hybridized carbons (Fsp3) is 0.462. The number of nitrogens with zero attached hydrogens (tertiary/aromatic N) is 1. The van der Waals surface area contributed by atoms with Gasteiger partial charge in [0.05, 0.1) is 4.92 Å². The molecule has 0 spiro atoms. The van der Waals surface area contributed by atoms with E-state index in [0.717, 1.165) is 12.0 Å². The maximum atomic E-state index is 11.4. The zero-order valence-corrected chi connectivity index (χ0v) is 10.4. The lowest BCUT2D eigenvalue weighted by atomic mass is 9.91. The molecule has 0 radical (unpaired) electrons. The number of carbonyl (C=O) groups excluding carboxylic acids is 1. The van der Waals surface area contributed by atoms with E-state index >= 15 is 0 Å². The average molecular weight is 235 g/mol. The second-order valence-corrected chi connectivity index (χ2v) is 4.24. The van der Waals surface area contributed by atoms with Gasteiger partial charge in [-0.05, 0) is 32.3 Å². The summed E-state index contributed by atoms with van der Waals surface area (Å²) in [5, 5.41) is 10.8. The molecule has 0 aromatic heterocycles. The van der Waals surface area contributed by atoms with Crippen molar-refractivity contribution in [1.29, 1.82) is 0 Å². The molecule has 0 saturated carbocycles. The Labute approximate surface area is 101 Å². The van der Waals surface area contributed by atoms with Crippen molar-refractivity contribution in [3.8, 4) is 0 Å². The van der Waals surface area contributed by atoms with Crippen molar-refractivity contribution in [3.63, 3.8) is 0 Å². The first-order valence-electron chi connectivity index (χ1n) is 5.70. The zero-order valence-electron chi connectivity index (χ0n) is 10.4. The van der Waals surface area contributed by atoms with Gasteiger partial charge in [0.25, 0.3) is 5.69 Å². The van der Waals surface area contributed by atoms with Crippen LogP contribution in [0.3, 0.4) is 0 Å². The van der Waals surface area contributed by atoms with Crippen LogP contribution in [0.2, 0.25) is 0 Å². The Bertz CT molecular complexity index is 440. The summed E-state index contributed by atoms with van der Waals surface area (Å²) in [5.74, 6) is 0.0918. The fourth-order valence-electron chi connectivity index (χ4n) is 1.93. The second-order valence-electron chi connectivity index (χ2n) is 4.24. The first kappa shape index (κ1) is 13.4. The van der Waals surface area contributed by atoms with Gasteiger partial charge in [-0.3, -0.25) is 14.9 Å². The number of benzene rings is 1. The van der Waals surface area contributed by atoms with E-state index in [0.29, 0.717) is 12.0 Å². The molecule has 0 fully saturated rings. The van der Waals surface area contributed by atoms with Gasteiger partial charge < -0.3 is 0 Å². The van der Waals surface area contributed by atoms with Crippen molar-refractivity contribution in [2.75, 3.05) is 0 Å². The number of hydrogen-bond acceptors (Lipinski definition) is 3. The van der Waals surface area contributed by atoms with E-state index < -0.39 is 0 Å². The lowest BCUT2D eigenvalue weighted by Gasteiger charge is -2.13. The van der Waals surface area contributed by atoms with E-state index in [1.54, 1.807) is 19.9 Å². The number of Topliss-reactive ketones (excluding diaryl/α,β-unsaturated/α-hetero) is 1. The number of nitro groups is 1. The van der Waals surface area contributed by atoms with E-state index in [1.165, 1.54) is 6.07 Å². The third-order valence-electron chi connectivity index (χ3n) is 3.15. The molecule has 4 heteroatoms. The van der Waals surface area contributed by atoms with Crippen molar-refractivity contribution in [2.45, 2.75) is 33.6 Å². The van der Waals surface area contributed by atoms with Crippen molar-refractivity contribution in [2.24, 2.45) is 5.92 Å². The monoisotopic (exact) mass is 235 g/mol. The fourth-order valence-corrected chi connectivity index (χ4v) is 1.93. The number of nitro benzene ring substituents is 1. The van der Waals surface area contributed by atoms with Crippen molar-refractivity contribution in [1.82, 2.24) is 0 Å². The van der Waals surface area contributed by atoms with Gasteiger partial charge >= 0.3 is 0 Å². The second kappa shape index (κ2) is 5.57. The Balaban J connectivity index is 3.03. The van der Waals surface area contributed by atoms with Gasteiger partial charge in [-0.25, -0.2) is 0 Å². The first-order chi connectivity index (χ1) is 7.97. The van der Waals surface area contributed by atoms with E-state index in [9.17, 15) is 14.9 Å². The van der Waals surface area contributed by atoms with Crippen LogP contribution in [0.1, 0.15) is 31.4 Å². The highest BCUT2D eigenvalue weighted by Gasteiger charge is 2.18. The van der Waals surface area contributed by atoms with Crippen LogP contribution in [-0.4, -0.2) is 10.7 Å². The van der Waals surface area contributed by atoms with Crippen molar-refractivity contribution < 1.29 is 9.72 Å². The Morgan fingerprint density at radius 3 is 2.59 bits per heavy atom. The molecule has 1 atom stereocenters. The van der Waals surface area contributed by atoms with E-state index in [2.05, 4.69) is 0 Å². The minimum Gasteiger partial charge on any atom is -0.300 e. The topological polar surface area (TPSA) is 60.2 Å². The molecule has 0 aliphatic rings. The van der Waals surface area contributed by atoms with Crippen LogP contribution in [0.15, 0.2) is 18.2 Å². The van der Waals surface area contributed by atoms with E-state index in [4.69, 9.17) is 0 Å². The Hall–Kier alpha value is -1.71. The summed E-state index contributed by atoms with van der Waals surface area (Å²) < 4.78 is 0. The lowest BCUT2D eigenvalue weighted by molar-refractivity contribution is -0.385. The molecule has 0 aliphatic carbocycles. The molecule has 0 bridgehead atoms. The van der Waals surface area contributed by atoms with Crippen LogP contribution >= 0.6 is 0 Å². The number of ketones is 1. The molecule has 17 heavy (non-hydrogen) atoms. The molecule has 0 heterocycles. The van der Waals surface area contributed by atoms with Gasteiger partial charge in [0.15, 0.2) is 0 Å². The third kappa shape index (κ3) is 3.12. The molecule has 0 saturated heterocycles. The summed E-state index contributed by atoms with van der Waals surface area (Å²) >= 11 is 0. The maximum absolute atomic E-state index is 11.4. The van der Waals surface area contributed by atoms with Crippen LogP contribution in [0.4, 0.5) is 5.69 Å². The molecule has 0 N–H and O–H groups in total. The Kier molecular flexibility index (Phi) is 4.37. The predicted molar refractivity (Wildman–Crippen MR) is 66.0 cm³/mol. The van der Waals surface area contributed by atoms with Gasteiger partial charge in [0.2, 0.25) is 0 Å². The molecular weight excluding hydrogens is 218 g/mol. The Morgan fingerprint density at radius 1 is 1.47 bits per heavy atom. The zero-order chi connectivity index (χ0) is 13.0. The average Bonchev–Trinajstić information content (AvgIpc) is 2.26. The molecule has 1 aromatic rings. The summed E-state index contributed by atoms with van der Waals surface area (Å²) in [6, 6.07) is 5.02. The quantitative estimate of drug-likeness (QED) is 0.582. The normalized spacial score (nSPS) is 12.2. The van der Waals surface area contributed by atoms with Crippen LogP contribution in [-0.2, 0) is 11.2 Å². The van der Waals surface area contributed by atoms with Crippen LogP contribution < -0.4 is 0 Å². The lowest BCUT2D eigenvalue weighted by Crippen LogP contribution is -2.13. The number of hydrogen-bond donors (Lipinski definition) is 0. The van der Waals surface area contributed by atoms with Gasteiger partial charge in [-0.1, -0.05) is 19.1 Å². The Morgan fingerprint density at radius 2 is 2.12 bits per heavy atom.